The average Bonchev–Trinajstić information content (AvgIpc) is 3.08. The molecule has 0 radical (unpaired) electrons. The summed E-state index contributed by atoms with van der Waals surface area (Å²) in [6, 6.07) is 11.5. The largest absolute Gasteiger partial charge is 0.493 e. The summed E-state index contributed by atoms with van der Waals surface area (Å²) in [5, 5.41) is 6.69. The first-order valence-electron chi connectivity index (χ1n) is 15.2. The van der Waals surface area contributed by atoms with Crippen molar-refractivity contribution in [1.29, 1.82) is 0 Å². The van der Waals surface area contributed by atoms with Gasteiger partial charge in [0.25, 0.3) is 5.91 Å². The molecule has 5 rings (SSSR count). The van der Waals surface area contributed by atoms with Crippen LogP contribution in [0.1, 0.15) is 37.7 Å². The topological polar surface area (TPSA) is 119 Å². The third kappa shape index (κ3) is 8.91. The second kappa shape index (κ2) is 16.0. The first kappa shape index (κ1) is 32.6. The maximum Gasteiger partial charge on any atom is 0.260 e. The van der Waals surface area contributed by atoms with E-state index in [9.17, 15) is 14.0 Å². The number of hydrogen-bond acceptors (Lipinski definition) is 8. The molecule has 2 amide bonds. The number of hydrogen-bond donors (Lipinski definition) is 2. The Morgan fingerprint density at radius 3 is 2.72 bits per heavy atom. The van der Waals surface area contributed by atoms with Crippen LogP contribution in [0.25, 0.3) is 17.0 Å². The molecule has 4 aromatic rings. The molecule has 0 atom stereocenters. The van der Waals surface area contributed by atoms with Gasteiger partial charge in [0.2, 0.25) is 5.91 Å². The number of pyridine rings is 1. The monoisotopic (exact) mass is 646 g/mol. The fourth-order valence-electron chi connectivity index (χ4n) is 5.32. The van der Waals surface area contributed by atoms with Crippen molar-refractivity contribution in [2.24, 2.45) is 5.92 Å². The quantitative estimate of drug-likeness (QED) is 0.130. The van der Waals surface area contributed by atoms with E-state index in [2.05, 4.69) is 25.6 Å². The van der Waals surface area contributed by atoms with Gasteiger partial charge in [-0.3, -0.25) is 14.6 Å². The number of nitrogens with one attached hydrogen (secondary N) is 2. The number of aromatic nitrogens is 3. The smallest absolute Gasteiger partial charge is 0.260 e. The summed E-state index contributed by atoms with van der Waals surface area (Å²) in [7, 11) is 1.52. The summed E-state index contributed by atoms with van der Waals surface area (Å²) in [6.07, 6.45) is 12.9. The zero-order valence-electron chi connectivity index (χ0n) is 25.5. The summed E-state index contributed by atoms with van der Waals surface area (Å²) >= 11 is 5.94. The number of methoxy groups -OCH3 is 1. The van der Waals surface area contributed by atoms with Crippen LogP contribution in [0.2, 0.25) is 5.02 Å². The lowest BCUT2D eigenvalue weighted by Crippen LogP contribution is -2.41. The van der Waals surface area contributed by atoms with Crippen molar-refractivity contribution in [2.45, 2.75) is 32.1 Å². The molecule has 1 aliphatic rings. The molecule has 2 aromatic heterocycles. The van der Waals surface area contributed by atoms with E-state index in [0.29, 0.717) is 59.5 Å². The summed E-state index contributed by atoms with van der Waals surface area (Å²) in [5.41, 5.74) is 2.04. The number of ether oxygens (including phenoxy) is 2. The maximum absolute atomic E-state index is 13.6. The highest BCUT2D eigenvalue weighted by Gasteiger charge is 2.23. The molecule has 12 heteroatoms. The van der Waals surface area contributed by atoms with E-state index in [1.165, 1.54) is 31.6 Å². The number of rotatable bonds is 13. The normalized spacial score (nSPS) is 13.6. The van der Waals surface area contributed by atoms with Gasteiger partial charge in [-0.05, 0) is 67.2 Å². The summed E-state index contributed by atoms with van der Waals surface area (Å²) < 4.78 is 25.1. The van der Waals surface area contributed by atoms with Gasteiger partial charge in [-0.15, -0.1) is 0 Å². The van der Waals surface area contributed by atoms with E-state index in [0.717, 1.165) is 37.7 Å². The van der Waals surface area contributed by atoms with Gasteiger partial charge in [0.05, 0.1) is 17.6 Å². The van der Waals surface area contributed by atoms with Gasteiger partial charge in [0, 0.05) is 55.2 Å². The molecule has 1 fully saturated rings. The number of benzene rings is 2. The minimum absolute atomic E-state index is 0.0106. The maximum atomic E-state index is 13.6. The number of amides is 2. The standard InChI is InChI=1S/C34H36ClFN6O4/c1-45-30-19-29-26(34(40-22-39-29)41-25-8-9-28(36)27(35)17-25)18-31(30)46-21-33(44)42-15-11-23(12-16-42)5-2-3-14-38-32(43)10-7-24-6-4-13-37-20-24/h4,6-10,13,17-20,22-23H,2-3,5,11-12,14-16,21H2,1H3,(H,38,43)(H,39,40,41)/b10-7+. The van der Waals surface area contributed by atoms with Gasteiger partial charge in [-0.2, -0.15) is 0 Å². The van der Waals surface area contributed by atoms with Gasteiger partial charge in [0.1, 0.15) is 18.0 Å². The van der Waals surface area contributed by atoms with Gasteiger partial charge in [0.15, 0.2) is 18.1 Å². The molecule has 46 heavy (non-hydrogen) atoms. The van der Waals surface area contributed by atoms with Crippen LogP contribution in [0.5, 0.6) is 11.5 Å². The van der Waals surface area contributed by atoms with Crippen molar-refractivity contribution in [1.82, 2.24) is 25.2 Å². The van der Waals surface area contributed by atoms with Crippen LogP contribution in [0, 0.1) is 11.7 Å². The number of nitrogens with zero attached hydrogens (tertiary/aromatic N) is 4. The Bertz CT molecular complexity index is 1680. The highest BCUT2D eigenvalue weighted by atomic mass is 35.5. The fraction of sp³-hybridized carbons (Fsp3) is 0.324. The molecule has 0 bridgehead atoms. The zero-order chi connectivity index (χ0) is 32.3. The predicted molar refractivity (Wildman–Crippen MR) is 176 cm³/mol. The number of anilines is 2. The van der Waals surface area contributed by atoms with Crippen LogP contribution in [0.15, 0.2) is 67.3 Å². The highest BCUT2D eigenvalue weighted by Crippen LogP contribution is 2.35. The molecule has 0 saturated carbocycles. The molecule has 0 aliphatic carbocycles. The minimum atomic E-state index is -0.516. The van der Waals surface area contributed by atoms with E-state index in [4.69, 9.17) is 21.1 Å². The minimum Gasteiger partial charge on any atom is -0.493 e. The van der Waals surface area contributed by atoms with Crippen molar-refractivity contribution in [3.8, 4) is 11.5 Å². The molecule has 3 heterocycles. The molecule has 240 valence electrons. The number of unbranched alkanes of at least 4 members (excludes halogenated alkanes) is 1. The van der Waals surface area contributed by atoms with Gasteiger partial charge in [-0.1, -0.05) is 30.5 Å². The number of carbonyl (C=O) groups is 2. The zero-order valence-corrected chi connectivity index (χ0v) is 26.3. The third-order valence-corrected chi connectivity index (χ3v) is 8.16. The van der Waals surface area contributed by atoms with Crippen LogP contribution in [0.4, 0.5) is 15.9 Å². The predicted octanol–water partition coefficient (Wildman–Crippen LogP) is 6.19. The highest BCUT2D eigenvalue weighted by molar-refractivity contribution is 6.31. The van der Waals surface area contributed by atoms with Crippen LogP contribution in [-0.2, 0) is 9.59 Å². The number of carbonyl (C=O) groups excluding carboxylic acids is 2. The molecule has 2 N–H and O–H groups in total. The molecule has 1 aliphatic heterocycles. The Kier molecular flexibility index (Phi) is 11.3. The van der Waals surface area contributed by atoms with Crippen LogP contribution in [-0.4, -0.2) is 65.0 Å². The number of piperidine rings is 1. The molecule has 2 aromatic carbocycles. The van der Waals surface area contributed by atoms with Gasteiger partial charge < -0.3 is 25.0 Å². The molecule has 10 nitrogen and oxygen atoms in total. The first-order valence-corrected chi connectivity index (χ1v) is 15.6. The van der Waals surface area contributed by atoms with E-state index in [1.54, 1.807) is 36.7 Å². The first-order chi connectivity index (χ1) is 22.4. The second-order valence-corrected chi connectivity index (χ2v) is 11.4. The second-order valence-electron chi connectivity index (χ2n) is 11.0. The van der Waals surface area contributed by atoms with E-state index in [-0.39, 0.29) is 23.4 Å². The Hall–Kier alpha value is -4.77. The van der Waals surface area contributed by atoms with E-state index >= 15 is 0 Å². The Labute approximate surface area is 272 Å². The van der Waals surface area contributed by atoms with Gasteiger partial charge in [-0.25, -0.2) is 14.4 Å². The van der Waals surface area contributed by atoms with Crippen molar-refractivity contribution >= 4 is 51.9 Å². The van der Waals surface area contributed by atoms with E-state index < -0.39 is 5.82 Å². The number of fused-ring (bicyclic) bond motifs is 1. The Balaban J connectivity index is 1.07. The van der Waals surface area contributed by atoms with Crippen LogP contribution < -0.4 is 20.1 Å². The SMILES string of the molecule is COc1cc2ncnc(Nc3ccc(F)c(Cl)c3)c2cc1OCC(=O)N1CCC(CCCCNC(=O)/C=C/c2cccnc2)CC1. The van der Waals surface area contributed by atoms with Crippen molar-refractivity contribution in [3.05, 3.63) is 83.7 Å². The van der Waals surface area contributed by atoms with Crippen LogP contribution in [0.3, 0.4) is 0 Å². The lowest BCUT2D eigenvalue weighted by molar-refractivity contribution is -0.134. The Morgan fingerprint density at radius 1 is 1.11 bits per heavy atom. The lowest BCUT2D eigenvalue weighted by Gasteiger charge is -2.32. The van der Waals surface area contributed by atoms with E-state index in [1.807, 2.05) is 17.0 Å². The summed E-state index contributed by atoms with van der Waals surface area (Å²) in [4.78, 5) is 39.6. The molecule has 0 spiro atoms. The number of likely N-dealkylation sites (tertiary alicyclic amines) is 1. The van der Waals surface area contributed by atoms with Crippen molar-refractivity contribution in [3.63, 3.8) is 0 Å². The molecular formula is C34H36ClFN6O4. The molecule has 0 unspecified atom stereocenters. The van der Waals surface area contributed by atoms with Crippen molar-refractivity contribution < 1.29 is 23.5 Å². The molecular weight excluding hydrogens is 611 g/mol. The van der Waals surface area contributed by atoms with Crippen LogP contribution >= 0.6 is 11.6 Å². The fourth-order valence-corrected chi connectivity index (χ4v) is 5.50. The summed E-state index contributed by atoms with van der Waals surface area (Å²) in [6.45, 7) is 1.86. The number of halogens is 2. The molecule has 1 saturated heterocycles. The third-order valence-electron chi connectivity index (χ3n) is 7.87. The summed E-state index contributed by atoms with van der Waals surface area (Å²) in [5.74, 6) is 1.12. The van der Waals surface area contributed by atoms with Crippen molar-refractivity contribution in [2.75, 3.05) is 38.7 Å². The van der Waals surface area contributed by atoms with Gasteiger partial charge >= 0.3 is 0 Å². The Morgan fingerprint density at radius 2 is 1.96 bits per heavy atom. The average molecular weight is 647 g/mol. The lowest BCUT2D eigenvalue weighted by atomic mass is 9.91.